The van der Waals surface area contributed by atoms with Crippen LogP contribution in [0.5, 0.6) is 0 Å². The van der Waals surface area contributed by atoms with Crippen molar-refractivity contribution in [2.24, 2.45) is 0 Å². The minimum absolute atomic E-state index is 0.0130. The molecule has 0 N–H and O–H groups in total. The summed E-state index contributed by atoms with van der Waals surface area (Å²) in [6.45, 7) is 6.55. The molecular formula is C16H20N2O2. The van der Waals surface area contributed by atoms with Crippen LogP contribution in [0, 0.1) is 6.92 Å². The van der Waals surface area contributed by atoms with Gasteiger partial charge in [-0.3, -0.25) is 4.79 Å². The summed E-state index contributed by atoms with van der Waals surface area (Å²) in [6.07, 6.45) is 0. The van der Waals surface area contributed by atoms with Crippen LogP contribution >= 0.6 is 0 Å². The fourth-order valence-electron chi connectivity index (χ4n) is 2.04. The van der Waals surface area contributed by atoms with E-state index >= 15 is 0 Å². The van der Waals surface area contributed by atoms with Crippen LogP contribution in [0.2, 0.25) is 0 Å². The van der Waals surface area contributed by atoms with Crippen molar-refractivity contribution in [1.29, 1.82) is 0 Å². The van der Waals surface area contributed by atoms with Gasteiger partial charge in [0.25, 0.3) is 5.91 Å². The molecule has 106 valence electrons. The lowest BCUT2D eigenvalue weighted by Gasteiger charge is -2.16. The first-order valence-corrected chi connectivity index (χ1v) is 6.75. The molecule has 0 aliphatic rings. The minimum atomic E-state index is -0.0130. The first-order valence-electron chi connectivity index (χ1n) is 6.75. The Bertz CT molecular complexity index is 585. The quantitative estimate of drug-likeness (QED) is 0.857. The second kappa shape index (κ2) is 5.90. The molecule has 0 aliphatic heterocycles. The van der Waals surface area contributed by atoms with E-state index in [1.807, 2.05) is 37.3 Å². The molecule has 0 saturated heterocycles. The zero-order chi connectivity index (χ0) is 14.7. The molecule has 4 nitrogen and oxygen atoms in total. The van der Waals surface area contributed by atoms with E-state index in [4.69, 9.17) is 4.52 Å². The van der Waals surface area contributed by atoms with Crippen LogP contribution in [0.4, 0.5) is 0 Å². The molecule has 4 heteroatoms. The lowest BCUT2D eigenvalue weighted by Crippen LogP contribution is -2.26. The fraction of sp³-hybridized carbons (Fsp3) is 0.375. The highest BCUT2D eigenvalue weighted by molar-refractivity contribution is 5.94. The monoisotopic (exact) mass is 272 g/mol. The summed E-state index contributed by atoms with van der Waals surface area (Å²) in [6, 6.07) is 9.61. The molecule has 0 bridgehead atoms. The number of benzene rings is 1. The molecule has 0 radical (unpaired) electrons. The lowest BCUT2D eigenvalue weighted by molar-refractivity contribution is 0.0782. The van der Waals surface area contributed by atoms with Gasteiger partial charge in [0.1, 0.15) is 11.5 Å². The highest BCUT2D eigenvalue weighted by Crippen LogP contribution is 2.16. The van der Waals surface area contributed by atoms with Crippen molar-refractivity contribution in [1.82, 2.24) is 10.1 Å². The smallest absolute Gasteiger partial charge is 0.253 e. The number of amides is 1. The number of carbonyl (C=O) groups excluding carboxylic acids is 1. The van der Waals surface area contributed by atoms with E-state index in [9.17, 15) is 4.79 Å². The Kier molecular flexibility index (Phi) is 4.23. The van der Waals surface area contributed by atoms with E-state index in [2.05, 4.69) is 19.0 Å². The number of hydrogen-bond acceptors (Lipinski definition) is 3. The van der Waals surface area contributed by atoms with Crippen LogP contribution in [0.1, 0.15) is 47.1 Å². The Morgan fingerprint density at radius 3 is 2.45 bits per heavy atom. The first kappa shape index (κ1) is 14.3. The zero-order valence-corrected chi connectivity index (χ0v) is 12.4. The summed E-state index contributed by atoms with van der Waals surface area (Å²) in [5, 5.41) is 3.90. The van der Waals surface area contributed by atoms with Crippen molar-refractivity contribution in [3.63, 3.8) is 0 Å². The summed E-state index contributed by atoms with van der Waals surface area (Å²) >= 11 is 0. The number of aromatic nitrogens is 1. The summed E-state index contributed by atoms with van der Waals surface area (Å²) in [5.41, 5.74) is 2.69. The molecule has 1 heterocycles. The molecule has 20 heavy (non-hydrogen) atoms. The predicted octanol–water partition coefficient (Wildman–Crippen LogP) is 3.38. The van der Waals surface area contributed by atoms with Crippen LogP contribution < -0.4 is 0 Å². The third-order valence-electron chi connectivity index (χ3n) is 3.25. The Morgan fingerprint density at radius 1 is 1.30 bits per heavy atom. The third kappa shape index (κ3) is 3.26. The lowest BCUT2D eigenvalue weighted by atomic mass is 10.0. The Hall–Kier alpha value is -2.10. The molecule has 1 amide bonds. The average Bonchev–Trinajstić information content (AvgIpc) is 2.83. The molecule has 2 rings (SSSR count). The van der Waals surface area contributed by atoms with Crippen molar-refractivity contribution in [3.05, 3.63) is 52.9 Å². The van der Waals surface area contributed by atoms with Crippen LogP contribution in [0.25, 0.3) is 0 Å². The number of carbonyl (C=O) groups is 1. The molecule has 1 aromatic carbocycles. The maximum absolute atomic E-state index is 12.3. The van der Waals surface area contributed by atoms with E-state index in [-0.39, 0.29) is 5.91 Å². The van der Waals surface area contributed by atoms with Gasteiger partial charge in [0.15, 0.2) is 0 Å². The molecule has 0 saturated carbocycles. The van der Waals surface area contributed by atoms with Crippen molar-refractivity contribution in [2.75, 3.05) is 7.05 Å². The second-order valence-electron chi connectivity index (χ2n) is 5.37. The first-order chi connectivity index (χ1) is 9.47. The van der Waals surface area contributed by atoms with Crippen LogP contribution in [-0.4, -0.2) is 23.0 Å². The van der Waals surface area contributed by atoms with Gasteiger partial charge >= 0.3 is 0 Å². The van der Waals surface area contributed by atoms with E-state index in [1.165, 1.54) is 5.56 Å². The zero-order valence-electron chi connectivity index (χ0n) is 12.4. The topological polar surface area (TPSA) is 46.3 Å². The van der Waals surface area contributed by atoms with Crippen molar-refractivity contribution >= 4 is 5.91 Å². The standard InChI is InChI=1S/C16H20N2O2/c1-11(2)13-5-7-14(8-6-13)16(19)18(4)10-15-9-12(3)20-17-15/h5-9,11H,10H2,1-4H3. The molecule has 0 atom stereocenters. The largest absolute Gasteiger partial charge is 0.361 e. The van der Waals surface area contributed by atoms with Gasteiger partial charge in [-0.1, -0.05) is 31.1 Å². The van der Waals surface area contributed by atoms with Gasteiger partial charge in [0, 0.05) is 18.7 Å². The molecule has 0 unspecified atom stereocenters. The minimum Gasteiger partial charge on any atom is -0.361 e. The molecule has 1 aromatic heterocycles. The van der Waals surface area contributed by atoms with E-state index in [1.54, 1.807) is 11.9 Å². The van der Waals surface area contributed by atoms with Crippen LogP contribution in [0.3, 0.4) is 0 Å². The molecule has 0 fully saturated rings. The third-order valence-corrected chi connectivity index (χ3v) is 3.25. The van der Waals surface area contributed by atoms with Gasteiger partial charge in [-0.25, -0.2) is 0 Å². The maximum atomic E-state index is 12.3. The summed E-state index contributed by atoms with van der Waals surface area (Å²) in [7, 11) is 1.77. The van der Waals surface area contributed by atoms with Gasteiger partial charge in [0.05, 0.1) is 6.54 Å². The summed E-state index contributed by atoms with van der Waals surface area (Å²) < 4.78 is 5.00. The van der Waals surface area contributed by atoms with Gasteiger partial charge in [-0.2, -0.15) is 0 Å². The Balaban J connectivity index is 2.06. The molecular weight excluding hydrogens is 252 g/mol. The molecule has 2 aromatic rings. The number of rotatable bonds is 4. The summed E-state index contributed by atoms with van der Waals surface area (Å²) in [5.74, 6) is 1.21. The normalized spacial score (nSPS) is 10.8. The number of hydrogen-bond donors (Lipinski definition) is 0. The van der Waals surface area contributed by atoms with Gasteiger partial charge < -0.3 is 9.42 Å². The number of nitrogens with zero attached hydrogens (tertiary/aromatic N) is 2. The SMILES string of the molecule is Cc1cc(CN(C)C(=O)c2ccc(C(C)C)cc2)no1. The van der Waals surface area contributed by atoms with Crippen LogP contribution in [-0.2, 0) is 6.54 Å². The van der Waals surface area contributed by atoms with E-state index < -0.39 is 0 Å². The van der Waals surface area contributed by atoms with E-state index in [0.717, 1.165) is 11.5 Å². The average molecular weight is 272 g/mol. The van der Waals surface area contributed by atoms with Gasteiger partial charge in [-0.05, 0) is 30.5 Å². The van der Waals surface area contributed by atoms with Crippen LogP contribution in [0.15, 0.2) is 34.9 Å². The fourth-order valence-corrected chi connectivity index (χ4v) is 2.04. The Morgan fingerprint density at radius 2 is 1.95 bits per heavy atom. The van der Waals surface area contributed by atoms with Crippen molar-refractivity contribution < 1.29 is 9.32 Å². The Labute approximate surface area is 119 Å². The van der Waals surface area contributed by atoms with Crippen molar-refractivity contribution in [3.8, 4) is 0 Å². The molecule has 0 spiro atoms. The second-order valence-corrected chi connectivity index (χ2v) is 5.37. The maximum Gasteiger partial charge on any atom is 0.253 e. The highest BCUT2D eigenvalue weighted by Gasteiger charge is 2.14. The van der Waals surface area contributed by atoms with Gasteiger partial charge in [-0.15, -0.1) is 0 Å². The van der Waals surface area contributed by atoms with Crippen molar-refractivity contribution in [2.45, 2.75) is 33.2 Å². The van der Waals surface area contributed by atoms with E-state index in [0.29, 0.717) is 18.0 Å². The highest BCUT2D eigenvalue weighted by atomic mass is 16.5. The van der Waals surface area contributed by atoms with Gasteiger partial charge in [0.2, 0.25) is 0 Å². The predicted molar refractivity (Wildman–Crippen MR) is 77.6 cm³/mol. The molecule has 0 aliphatic carbocycles. The summed E-state index contributed by atoms with van der Waals surface area (Å²) in [4.78, 5) is 13.9. The number of aryl methyl sites for hydroxylation is 1.